The van der Waals surface area contributed by atoms with E-state index in [-0.39, 0.29) is 12.5 Å². The molecule has 0 aliphatic rings. The molecule has 0 amide bonds. The van der Waals surface area contributed by atoms with E-state index in [4.69, 9.17) is 4.74 Å². The van der Waals surface area contributed by atoms with Crippen molar-refractivity contribution in [2.75, 3.05) is 5.32 Å². The third-order valence-electron chi connectivity index (χ3n) is 7.07. The lowest BCUT2D eigenvalue weighted by atomic mass is 10.1. The second-order valence-electron chi connectivity index (χ2n) is 10.2. The Hall–Kier alpha value is -5.06. The third kappa shape index (κ3) is 6.11. The van der Waals surface area contributed by atoms with Crippen molar-refractivity contribution in [3.63, 3.8) is 0 Å². The normalized spacial score (nSPS) is 11.4. The first-order valence-corrected chi connectivity index (χ1v) is 14.4. The van der Waals surface area contributed by atoms with Gasteiger partial charge in [0.1, 0.15) is 5.75 Å². The van der Waals surface area contributed by atoms with Crippen LogP contribution in [0.3, 0.4) is 0 Å². The quantitative estimate of drug-likeness (QED) is 0.190. The van der Waals surface area contributed by atoms with Crippen molar-refractivity contribution in [1.82, 2.24) is 19.1 Å². The zero-order chi connectivity index (χ0) is 30.7. The molecule has 5 rings (SSSR count). The maximum Gasteiger partial charge on any atom is 0.359 e. The minimum absolute atomic E-state index is 0.0544. The van der Waals surface area contributed by atoms with E-state index >= 15 is 0 Å². The van der Waals surface area contributed by atoms with E-state index in [2.05, 4.69) is 30.6 Å². The zero-order valence-electron chi connectivity index (χ0n) is 24.4. The highest BCUT2D eigenvalue weighted by atomic mass is 31.0. The van der Waals surface area contributed by atoms with Gasteiger partial charge in [-0.2, -0.15) is 10.2 Å². The molecule has 0 radical (unpaired) electrons. The van der Waals surface area contributed by atoms with E-state index in [1.54, 1.807) is 18.3 Å². The van der Waals surface area contributed by atoms with Gasteiger partial charge in [-0.05, 0) is 61.3 Å². The summed E-state index contributed by atoms with van der Waals surface area (Å²) in [5, 5.41) is 15.0. The molecule has 0 fully saturated rings. The number of nitrogens with zero attached hydrogens (tertiary/aromatic N) is 5. The highest BCUT2D eigenvalue weighted by Crippen LogP contribution is 2.30. The zero-order valence-corrected chi connectivity index (χ0v) is 25.5. The average molecular weight is 591 g/mol. The summed E-state index contributed by atoms with van der Waals surface area (Å²) in [6.45, 7) is 7.87. The van der Waals surface area contributed by atoms with E-state index in [9.17, 15) is 14.9 Å². The van der Waals surface area contributed by atoms with Crippen molar-refractivity contribution in [2.45, 2.75) is 40.7 Å². The minimum atomic E-state index is -0.747. The fraction of sp³-hybridized carbons (Fsp3) is 0.182. The second-order valence-corrected chi connectivity index (χ2v) is 10.8. The number of rotatable bonds is 8. The molecule has 0 aliphatic heterocycles. The van der Waals surface area contributed by atoms with Crippen LogP contribution >= 0.6 is 9.24 Å². The molecule has 2 aromatic heterocycles. The maximum atomic E-state index is 14.2. The van der Waals surface area contributed by atoms with Crippen LogP contribution < -0.4 is 26.7 Å². The maximum absolute atomic E-state index is 14.2. The van der Waals surface area contributed by atoms with E-state index in [1.165, 1.54) is 10.8 Å². The van der Waals surface area contributed by atoms with Crippen LogP contribution in [-0.4, -0.2) is 19.1 Å². The summed E-state index contributed by atoms with van der Waals surface area (Å²) < 4.78 is 8.50. The van der Waals surface area contributed by atoms with Crippen LogP contribution in [0.25, 0.3) is 16.5 Å². The molecule has 1 unspecified atom stereocenters. The predicted molar refractivity (Wildman–Crippen MR) is 173 cm³/mol. The van der Waals surface area contributed by atoms with Crippen LogP contribution in [0.15, 0.2) is 88.4 Å². The lowest BCUT2D eigenvalue weighted by Gasteiger charge is -2.19. The number of fused-ring (bicyclic) bond motifs is 1. The molecule has 0 spiro atoms. The Morgan fingerprint density at radius 1 is 1.09 bits per heavy atom. The van der Waals surface area contributed by atoms with Gasteiger partial charge in [-0.15, -0.1) is 9.24 Å². The Kier molecular flexibility index (Phi) is 8.51. The van der Waals surface area contributed by atoms with Gasteiger partial charge >= 0.3 is 11.4 Å². The predicted octanol–water partition coefficient (Wildman–Crippen LogP) is 5.42. The van der Waals surface area contributed by atoms with Gasteiger partial charge in [0.2, 0.25) is 5.95 Å². The first kappa shape index (κ1) is 29.4. The number of nitriles is 1. The molecular weight excluding hydrogens is 559 g/mol. The van der Waals surface area contributed by atoms with Crippen LogP contribution in [0, 0.1) is 25.2 Å². The molecule has 2 heterocycles. The van der Waals surface area contributed by atoms with Crippen molar-refractivity contribution in [1.29, 1.82) is 5.26 Å². The van der Waals surface area contributed by atoms with Gasteiger partial charge in [0.25, 0.3) is 0 Å². The molecule has 0 saturated carbocycles. The molecule has 216 valence electrons. The number of hydrogen-bond donors (Lipinski definition) is 1. The molecule has 1 atom stereocenters. The number of anilines is 2. The first-order valence-electron chi connectivity index (χ1n) is 13.8. The van der Waals surface area contributed by atoms with Crippen LogP contribution in [0.5, 0.6) is 5.75 Å². The topological polar surface area (TPSA) is 115 Å². The average Bonchev–Trinajstić information content (AvgIpc) is 2.98. The Bertz CT molecular complexity index is 2050. The molecular formula is C33H31N6O3P. The monoisotopic (exact) mass is 590 g/mol. The molecule has 43 heavy (non-hydrogen) atoms. The third-order valence-corrected chi connectivity index (χ3v) is 7.57. The summed E-state index contributed by atoms with van der Waals surface area (Å²) in [5.74, 6) is 1.48. The lowest BCUT2D eigenvalue weighted by molar-refractivity contribution is 0.422. The summed E-state index contributed by atoms with van der Waals surface area (Å²) in [6.07, 6.45) is 5.99. The molecule has 5 aromatic rings. The van der Waals surface area contributed by atoms with Crippen LogP contribution in [-0.2, 0) is 6.54 Å². The fourth-order valence-electron chi connectivity index (χ4n) is 4.90. The second kappa shape index (κ2) is 12.4. The van der Waals surface area contributed by atoms with Gasteiger partial charge in [-0.1, -0.05) is 49.4 Å². The van der Waals surface area contributed by atoms with Gasteiger partial charge in [0, 0.05) is 28.7 Å². The standard InChI is InChI=1S/C33H31N6O3P/c1-5-8-22(4)42-29-15-27(20(2)13-21(29)3)36-31-37-32(40)39(28-18-35-17-24-9-6-7-10-26(24)28)33(41)38(31)19-23-11-12-30(43)25(14-23)16-34/h6-15,17-18H,5,19,43H2,1-4H3,(H,36,37,40)/b22-8+. The number of benzene rings is 3. The number of aryl methyl sites for hydroxylation is 2. The molecule has 0 saturated heterocycles. The van der Waals surface area contributed by atoms with E-state index in [0.717, 1.165) is 38.6 Å². The summed E-state index contributed by atoms with van der Waals surface area (Å²) >= 11 is 0. The van der Waals surface area contributed by atoms with Crippen LogP contribution in [0.2, 0.25) is 0 Å². The number of allylic oxidation sites excluding steroid dienone is 2. The minimum Gasteiger partial charge on any atom is -0.462 e. The highest BCUT2D eigenvalue weighted by molar-refractivity contribution is 7.27. The van der Waals surface area contributed by atoms with Gasteiger partial charge in [0.15, 0.2) is 0 Å². The number of hydrogen-bond acceptors (Lipinski definition) is 7. The lowest BCUT2D eigenvalue weighted by Crippen LogP contribution is -2.42. The molecule has 9 nitrogen and oxygen atoms in total. The Morgan fingerprint density at radius 3 is 2.65 bits per heavy atom. The number of nitrogens with one attached hydrogen (secondary N) is 1. The number of aromatic nitrogens is 4. The summed E-state index contributed by atoms with van der Waals surface area (Å²) in [6, 6.07) is 18.7. The Morgan fingerprint density at radius 2 is 1.88 bits per heavy atom. The SMILES string of the molecule is CC/C=C(\C)Oc1cc(Nc2nc(=O)n(-c3cncc4ccccc34)c(=O)n2Cc2ccc(P)c(C#N)c2)c(C)cc1C. The Labute approximate surface area is 251 Å². The fourth-order valence-corrected chi connectivity index (χ4v) is 5.14. The number of ether oxygens (including phenoxy) is 1. The van der Waals surface area contributed by atoms with Crippen molar-refractivity contribution in [3.8, 4) is 17.5 Å². The molecule has 0 bridgehead atoms. The molecule has 10 heteroatoms. The van der Waals surface area contributed by atoms with Gasteiger partial charge in [0.05, 0.1) is 35.8 Å². The van der Waals surface area contributed by atoms with Crippen LogP contribution in [0.1, 0.15) is 42.5 Å². The molecule has 0 aliphatic carbocycles. The molecule has 3 aromatic carbocycles. The first-order chi connectivity index (χ1) is 20.7. The van der Waals surface area contributed by atoms with Gasteiger partial charge in [-0.25, -0.2) is 14.2 Å². The van der Waals surface area contributed by atoms with Crippen molar-refractivity contribution in [3.05, 3.63) is 122 Å². The van der Waals surface area contributed by atoms with E-state index in [1.807, 2.05) is 76.2 Å². The van der Waals surface area contributed by atoms with Crippen molar-refractivity contribution >= 4 is 37.0 Å². The van der Waals surface area contributed by atoms with E-state index in [0.29, 0.717) is 33.6 Å². The Balaban J connectivity index is 1.69. The summed E-state index contributed by atoms with van der Waals surface area (Å²) in [4.78, 5) is 36.4. The van der Waals surface area contributed by atoms with Gasteiger partial charge in [-0.3, -0.25) is 9.55 Å². The molecule has 1 N–H and O–H groups in total. The van der Waals surface area contributed by atoms with Crippen molar-refractivity contribution in [2.24, 2.45) is 0 Å². The van der Waals surface area contributed by atoms with Crippen LogP contribution in [0.4, 0.5) is 11.6 Å². The van der Waals surface area contributed by atoms with Gasteiger partial charge < -0.3 is 10.1 Å². The smallest absolute Gasteiger partial charge is 0.359 e. The highest BCUT2D eigenvalue weighted by Gasteiger charge is 2.19. The van der Waals surface area contributed by atoms with E-state index < -0.39 is 11.4 Å². The summed E-state index contributed by atoms with van der Waals surface area (Å²) in [5.41, 5.74) is 2.60. The summed E-state index contributed by atoms with van der Waals surface area (Å²) in [7, 11) is 2.54. The number of pyridine rings is 1. The largest absolute Gasteiger partial charge is 0.462 e. The van der Waals surface area contributed by atoms with Crippen molar-refractivity contribution < 1.29 is 4.74 Å².